The molecule has 1 aliphatic heterocycles. The summed E-state index contributed by atoms with van der Waals surface area (Å²) in [6, 6.07) is 2.79. The SMILES string of the molecule is Cc1cc(C)c(S(=O)(=O)NCC2CCCN2)cc1[N+](=O)[O-].Cl. The Morgan fingerprint density at radius 3 is 2.59 bits per heavy atom. The standard InChI is InChI=1S/C13H19N3O4S.ClH/c1-9-6-10(2)13(7-12(9)16(17)18)21(19,20)15-8-11-4-3-5-14-11;/h6-7,11,14-15H,3-5,8H2,1-2H3;1H. The number of nitro groups is 1. The summed E-state index contributed by atoms with van der Waals surface area (Å²) in [4.78, 5) is 10.4. The second kappa shape index (κ2) is 7.36. The number of nitro benzene ring substituents is 1. The predicted octanol–water partition coefficient (Wildman–Crippen LogP) is 1.66. The summed E-state index contributed by atoms with van der Waals surface area (Å²) in [5.74, 6) is 0. The van der Waals surface area contributed by atoms with Crippen molar-refractivity contribution in [1.29, 1.82) is 0 Å². The molecule has 2 rings (SSSR count). The molecule has 0 radical (unpaired) electrons. The van der Waals surface area contributed by atoms with Gasteiger partial charge in [-0.15, -0.1) is 12.4 Å². The van der Waals surface area contributed by atoms with Gasteiger partial charge in [0.05, 0.1) is 9.82 Å². The Labute approximate surface area is 136 Å². The number of aryl methyl sites for hydroxylation is 2. The summed E-state index contributed by atoms with van der Waals surface area (Å²) in [5, 5.41) is 14.2. The number of nitrogens with one attached hydrogen (secondary N) is 2. The predicted molar refractivity (Wildman–Crippen MR) is 86.0 cm³/mol. The van der Waals surface area contributed by atoms with E-state index in [4.69, 9.17) is 0 Å². The maximum absolute atomic E-state index is 12.3. The van der Waals surface area contributed by atoms with Crippen LogP contribution in [0.3, 0.4) is 0 Å². The lowest BCUT2D eigenvalue weighted by atomic mass is 10.1. The van der Waals surface area contributed by atoms with Gasteiger partial charge in [-0.2, -0.15) is 0 Å². The van der Waals surface area contributed by atoms with Crippen molar-refractivity contribution < 1.29 is 13.3 Å². The van der Waals surface area contributed by atoms with E-state index in [-0.39, 0.29) is 29.0 Å². The van der Waals surface area contributed by atoms with Crippen LogP contribution in [-0.4, -0.2) is 32.5 Å². The lowest BCUT2D eigenvalue weighted by Crippen LogP contribution is -2.37. The molecule has 22 heavy (non-hydrogen) atoms. The van der Waals surface area contributed by atoms with Crippen LogP contribution in [0.2, 0.25) is 0 Å². The molecule has 0 aliphatic carbocycles. The topological polar surface area (TPSA) is 101 Å². The highest BCUT2D eigenvalue weighted by molar-refractivity contribution is 7.89. The second-order valence-electron chi connectivity index (χ2n) is 5.31. The minimum atomic E-state index is -3.75. The quantitative estimate of drug-likeness (QED) is 0.622. The minimum absolute atomic E-state index is 0. The maximum Gasteiger partial charge on any atom is 0.273 e. The molecule has 7 nitrogen and oxygen atoms in total. The summed E-state index contributed by atoms with van der Waals surface area (Å²) in [5.41, 5.74) is 0.777. The van der Waals surface area contributed by atoms with Gasteiger partial charge < -0.3 is 5.32 Å². The van der Waals surface area contributed by atoms with Crippen molar-refractivity contribution in [3.63, 3.8) is 0 Å². The fourth-order valence-corrected chi connectivity index (χ4v) is 3.85. The Balaban J connectivity index is 0.00000242. The van der Waals surface area contributed by atoms with Crippen molar-refractivity contribution in [2.24, 2.45) is 0 Å². The zero-order chi connectivity index (χ0) is 15.6. The summed E-state index contributed by atoms with van der Waals surface area (Å²) < 4.78 is 27.2. The van der Waals surface area contributed by atoms with Gasteiger partial charge in [-0.05, 0) is 44.9 Å². The van der Waals surface area contributed by atoms with Gasteiger partial charge in [-0.3, -0.25) is 10.1 Å². The highest BCUT2D eigenvalue weighted by atomic mass is 35.5. The van der Waals surface area contributed by atoms with E-state index >= 15 is 0 Å². The molecule has 1 heterocycles. The highest BCUT2D eigenvalue weighted by Gasteiger charge is 2.24. The van der Waals surface area contributed by atoms with Gasteiger partial charge >= 0.3 is 0 Å². The molecule has 0 spiro atoms. The number of hydrogen-bond donors (Lipinski definition) is 2. The molecule has 2 N–H and O–H groups in total. The molecule has 1 atom stereocenters. The maximum atomic E-state index is 12.3. The second-order valence-corrected chi connectivity index (χ2v) is 7.04. The molecule has 1 aromatic rings. The number of hydrogen-bond acceptors (Lipinski definition) is 5. The molecule has 1 unspecified atom stereocenters. The van der Waals surface area contributed by atoms with Crippen LogP contribution in [0.1, 0.15) is 24.0 Å². The summed E-state index contributed by atoms with van der Waals surface area (Å²) in [7, 11) is -3.75. The Hall–Kier alpha value is -1.22. The zero-order valence-corrected chi connectivity index (χ0v) is 14.1. The van der Waals surface area contributed by atoms with Gasteiger partial charge in [-0.25, -0.2) is 13.1 Å². The fourth-order valence-electron chi connectivity index (χ4n) is 2.53. The molecule has 1 aromatic carbocycles. The monoisotopic (exact) mass is 349 g/mol. The first-order chi connectivity index (χ1) is 9.81. The van der Waals surface area contributed by atoms with E-state index in [2.05, 4.69) is 10.0 Å². The van der Waals surface area contributed by atoms with E-state index in [1.165, 1.54) is 6.07 Å². The molecule has 0 bridgehead atoms. The molecule has 0 aromatic heterocycles. The van der Waals surface area contributed by atoms with Crippen LogP contribution in [-0.2, 0) is 10.0 Å². The van der Waals surface area contributed by atoms with Gasteiger partial charge in [0.2, 0.25) is 10.0 Å². The van der Waals surface area contributed by atoms with Gasteiger partial charge in [0.15, 0.2) is 0 Å². The largest absolute Gasteiger partial charge is 0.313 e. The normalized spacial score (nSPS) is 18.0. The van der Waals surface area contributed by atoms with Crippen molar-refractivity contribution in [3.05, 3.63) is 33.4 Å². The average molecular weight is 350 g/mol. The molecule has 0 amide bonds. The Kier molecular flexibility index (Phi) is 6.30. The number of benzene rings is 1. The molecule has 1 fully saturated rings. The fraction of sp³-hybridized carbons (Fsp3) is 0.538. The van der Waals surface area contributed by atoms with E-state index in [1.54, 1.807) is 13.8 Å². The number of halogens is 1. The van der Waals surface area contributed by atoms with Crippen LogP contribution in [0.4, 0.5) is 5.69 Å². The molecular weight excluding hydrogens is 330 g/mol. The summed E-state index contributed by atoms with van der Waals surface area (Å²) >= 11 is 0. The van der Waals surface area contributed by atoms with E-state index in [0.717, 1.165) is 25.5 Å². The van der Waals surface area contributed by atoms with Crippen molar-refractivity contribution in [2.45, 2.75) is 37.6 Å². The molecule has 0 saturated carbocycles. The zero-order valence-electron chi connectivity index (χ0n) is 12.5. The first kappa shape index (κ1) is 18.8. The number of sulfonamides is 1. The lowest BCUT2D eigenvalue weighted by Gasteiger charge is -2.13. The molecule has 9 heteroatoms. The van der Waals surface area contributed by atoms with Crippen LogP contribution in [0.5, 0.6) is 0 Å². The Bertz CT molecular complexity index is 657. The molecular formula is C13H20ClN3O4S. The summed E-state index contributed by atoms with van der Waals surface area (Å²) in [6.45, 7) is 4.42. The molecule has 1 aliphatic rings. The number of nitrogens with zero attached hydrogens (tertiary/aromatic N) is 1. The molecule has 1 saturated heterocycles. The third-order valence-electron chi connectivity index (χ3n) is 3.66. The van der Waals surface area contributed by atoms with Crippen LogP contribution in [0.15, 0.2) is 17.0 Å². The highest BCUT2D eigenvalue weighted by Crippen LogP contribution is 2.25. The summed E-state index contributed by atoms with van der Waals surface area (Å²) in [6.07, 6.45) is 1.96. The lowest BCUT2D eigenvalue weighted by molar-refractivity contribution is -0.385. The van der Waals surface area contributed by atoms with E-state index in [1.807, 2.05) is 0 Å². The van der Waals surface area contributed by atoms with E-state index in [9.17, 15) is 18.5 Å². The Morgan fingerprint density at radius 1 is 1.36 bits per heavy atom. The van der Waals surface area contributed by atoms with Crippen molar-refractivity contribution in [1.82, 2.24) is 10.0 Å². The smallest absolute Gasteiger partial charge is 0.273 e. The van der Waals surface area contributed by atoms with E-state index < -0.39 is 14.9 Å². The minimum Gasteiger partial charge on any atom is -0.313 e. The van der Waals surface area contributed by atoms with Gasteiger partial charge in [0.1, 0.15) is 0 Å². The first-order valence-electron chi connectivity index (χ1n) is 6.80. The number of rotatable bonds is 5. The third-order valence-corrected chi connectivity index (χ3v) is 5.23. The van der Waals surface area contributed by atoms with Crippen LogP contribution in [0, 0.1) is 24.0 Å². The third kappa shape index (κ3) is 4.16. The van der Waals surface area contributed by atoms with Gasteiger partial charge in [0.25, 0.3) is 5.69 Å². The van der Waals surface area contributed by atoms with Crippen LogP contribution in [0.25, 0.3) is 0 Å². The van der Waals surface area contributed by atoms with Gasteiger partial charge in [-0.1, -0.05) is 0 Å². The Morgan fingerprint density at radius 2 is 2.05 bits per heavy atom. The van der Waals surface area contributed by atoms with Crippen molar-refractivity contribution >= 4 is 28.1 Å². The first-order valence-corrected chi connectivity index (χ1v) is 8.28. The van der Waals surface area contributed by atoms with Crippen LogP contribution >= 0.6 is 12.4 Å². The van der Waals surface area contributed by atoms with E-state index in [0.29, 0.717) is 17.7 Å². The van der Waals surface area contributed by atoms with Crippen molar-refractivity contribution in [2.75, 3.05) is 13.1 Å². The van der Waals surface area contributed by atoms with Crippen LogP contribution < -0.4 is 10.0 Å². The molecule has 124 valence electrons. The van der Waals surface area contributed by atoms with Gasteiger partial charge in [0, 0.05) is 24.2 Å². The van der Waals surface area contributed by atoms with Crippen molar-refractivity contribution in [3.8, 4) is 0 Å². The average Bonchev–Trinajstić information content (AvgIpc) is 2.88.